The monoisotopic (exact) mass is 293 g/mol. The Kier molecular flexibility index (Phi) is 4.95. The van der Waals surface area contributed by atoms with Gasteiger partial charge >= 0.3 is 5.97 Å². The predicted molar refractivity (Wildman–Crippen MR) is 79.5 cm³/mol. The van der Waals surface area contributed by atoms with Crippen LogP contribution in [0.1, 0.15) is 29.7 Å². The van der Waals surface area contributed by atoms with Crippen LogP contribution in [0, 0.1) is 6.92 Å². The Hall–Kier alpha value is -1.62. The normalized spacial score (nSPS) is 19.3. The Morgan fingerprint density at radius 3 is 2.90 bits per heavy atom. The number of amides is 1. The molecule has 20 heavy (non-hydrogen) atoms. The standard InChI is InChI=1S/C15H19NO3S/c1-11-8-10-20-13(11)6-7-14(17)16-9-4-3-5-12(16)15(18)19-2/h6-8,10,12H,3-5,9H2,1-2H3/b7-6+/t12-/m1/s1. The predicted octanol–water partition coefficient (Wildman–Crippen LogP) is 2.62. The third kappa shape index (κ3) is 3.28. The van der Waals surface area contributed by atoms with Gasteiger partial charge in [-0.25, -0.2) is 4.79 Å². The molecule has 0 aliphatic carbocycles. The van der Waals surface area contributed by atoms with E-state index in [0.717, 1.165) is 23.3 Å². The van der Waals surface area contributed by atoms with E-state index in [1.54, 1.807) is 22.3 Å². The maximum Gasteiger partial charge on any atom is 0.328 e. The topological polar surface area (TPSA) is 46.6 Å². The summed E-state index contributed by atoms with van der Waals surface area (Å²) < 4.78 is 4.78. The molecule has 1 amide bonds. The van der Waals surface area contributed by atoms with Gasteiger partial charge in [-0.05, 0) is 49.3 Å². The molecule has 4 nitrogen and oxygen atoms in total. The van der Waals surface area contributed by atoms with E-state index in [4.69, 9.17) is 4.74 Å². The number of rotatable bonds is 3. The van der Waals surface area contributed by atoms with Crippen molar-refractivity contribution in [3.63, 3.8) is 0 Å². The van der Waals surface area contributed by atoms with Crippen LogP contribution in [0.25, 0.3) is 6.08 Å². The van der Waals surface area contributed by atoms with Crippen molar-refractivity contribution in [2.75, 3.05) is 13.7 Å². The van der Waals surface area contributed by atoms with Crippen molar-refractivity contribution in [3.8, 4) is 0 Å². The molecule has 1 aliphatic heterocycles. The molecule has 0 spiro atoms. The zero-order valence-electron chi connectivity index (χ0n) is 11.8. The van der Waals surface area contributed by atoms with Crippen LogP contribution in [-0.2, 0) is 14.3 Å². The number of carbonyl (C=O) groups is 2. The smallest absolute Gasteiger partial charge is 0.328 e. The summed E-state index contributed by atoms with van der Waals surface area (Å²) in [6, 6.07) is 1.59. The number of ether oxygens (including phenoxy) is 1. The molecule has 0 bridgehead atoms. The quantitative estimate of drug-likeness (QED) is 0.636. The first-order chi connectivity index (χ1) is 9.63. The van der Waals surface area contributed by atoms with E-state index < -0.39 is 6.04 Å². The Balaban J connectivity index is 2.08. The molecule has 2 heterocycles. The second kappa shape index (κ2) is 6.70. The zero-order valence-corrected chi connectivity index (χ0v) is 12.6. The number of methoxy groups -OCH3 is 1. The summed E-state index contributed by atoms with van der Waals surface area (Å²) in [7, 11) is 1.37. The number of aryl methyl sites for hydroxylation is 1. The summed E-state index contributed by atoms with van der Waals surface area (Å²) in [6.45, 7) is 2.63. The van der Waals surface area contributed by atoms with Crippen LogP contribution in [0.4, 0.5) is 0 Å². The van der Waals surface area contributed by atoms with Crippen molar-refractivity contribution in [3.05, 3.63) is 28.0 Å². The maximum atomic E-state index is 12.3. The minimum absolute atomic E-state index is 0.118. The lowest BCUT2D eigenvalue weighted by Gasteiger charge is -2.32. The molecule has 1 atom stereocenters. The van der Waals surface area contributed by atoms with Crippen LogP contribution in [0.3, 0.4) is 0 Å². The second-order valence-corrected chi connectivity index (χ2v) is 5.82. The van der Waals surface area contributed by atoms with Crippen LogP contribution in [-0.4, -0.2) is 36.5 Å². The first-order valence-electron chi connectivity index (χ1n) is 6.74. The van der Waals surface area contributed by atoms with Crippen LogP contribution < -0.4 is 0 Å². The first-order valence-corrected chi connectivity index (χ1v) is 7.62. The third-order valence-electron chi connectivity index (χ3n) is 3.54. The fourth-order valence-electron chi connectivity index (χ4n) is 2.37. The molecule has 1 saturated heterocycles. The number of carbonyl (C=O) groups excluding carboxylic acids is 2. The van der Waals surface area contributed by atoms with Crippen molar-refractivity contribution < 1.29 is 14.3 Å². The number of hydrogen-bond acceptors (Lipinski definition) is 4. The molecule has 1 aromatic rings. The molecular weight excluding hydrogens is 274 g/mol. The lowest BCUT2D eigenvalue weighted by Crippen LogP contribution is -2.47. The fourth-order valence-corrected chi connectivity index (χ4v) is 3.19. The van der Waals surface area contributed by atoms with E-state index in [0.29, 0.717) is 13.0 Å². The largest absolute Gasteiger partial charge is 0.467 e. The van der Waals surface area contributed by atoms with E-state index in [-0.39, 0.29) is 11.9 Å². The van der Waals surface area contributed by atoms with Gasteiger partial charge < -0.3 is 9.64 Å². The number of nitrogens with zero attached hydrogens (tertiary/aromatic N) is 1. The Morgan fingerprint density at radius 2 is 2.25 bits per heavy atom. The molecule has 0 aromatic carbocycles. The van der Waals surface area contributed by atoms with Crippen LogP contribution >= 0.6 is 11.3 Å². The number of hydrogen-bond donors (Lipinski definition) is 0. The van der Waals surface area contributed by atoms with Crippen molar-refractivity contribution >= 4 is 29.3 Å². The molecule has 0 saturated carbocycles. The summed E-state index contributed by atoms with van der Waals surface area (Å²) >= 11 is 1.60. The number of piperidine rings is 1. The minimum atomic E-state index is -0.435. The van der Waals surface area contributed by atoms with Crippen molar-refractivity contribution in [2.45, 2.75) is 32.2 Å². The SMILES string of the molecule is COC(=O)[C@H]1CCCCN1C(=O)/C=C/c1sccc1C. The minimum Gasteiger partial charge on any atom is -0.467 e. The van der Waals surface area contributed by atoms with Gasteiger partial charge in [0.25, 0.3) is 0 Å². The van der Waals surface area contributed by atoms with Gasteiger partial charge in [-0.15, -0.1) is 11.3 Å². The average Bonchev–Trinajstić information content (AvgIpc) is 2.89. The highest BCUT2D eigenvalue weighted by molar-refractivity contribution is 7.11. The van der Waals surface area contributed by atoms with E-state index >= 15 is 0 Å². The van der Waals surface area contributed by atoms with E-state index in [1.165, 1.54) is 7.11 Å². The number of thiophene rings is 1. The molecule has 108 valence electrons. The van der Waals surface area contributed by atoms with Gasteiger partial charge in [0, 0.05) is 17.5 Å². The summed E-state index contributed by atoms with van der Waals surface area (Å²) in [4.78, 5) is 26.7. The second-order valence-electron chi connectivity index (χ2n) is 4.87. The van der Waals surface area contributed by atoms with Gasteiger partial charge in [0.15, 0.2) is 0 Å². The van der Waals surface area contributed by atoms with Crippen LogP contribution in [0.5, 0.6) is 0 Å². The number of esters is 1. The third-order valence-corrected chi connectivity index (χ3v) is 4.52. The van der Waals surface area contributed by atoms with Gasteiger partial charge in [-0.2, -0.15) is 0 Å². The molecule has 1 aromatic heterocycles. The maximum absolute atomic E-state index is 12.3. The Labute approximate surface area is 123 Å². The van der Waals surface area contributed by atoms with Gasteiger partial charge in [0.2, 0.25) is 5.91 Å². The highest BCUT2D eigenvalue weighted by atomic mass is 32.1. The van der Waals surface area contributed by atoms with Gasteiger partial charge in [0.1, 0.15) is 6.04 Å². The van der Waals surface area contributed by atoms with Gasteiger partial charge in [-0.3, -0.25) is 4.79 Å². The lowest BCUT2D eigenvalue weighted by atomic mass is 10.0. The number of likely N-dealkylation sites (tertiary alicyclic amines) is 1. The summed E-state index contributed by atoms with van der Waals surface area (Å²) in [5.74, 6) is -0.438. The highest BCUT2D eigenvalue weighted by Crippen LogP contribution is 2.20. The summed E-state index contributed by atoms with van der Waals surface area (Å²) in [5.41, 5.74) is 1.15. The highest BCUT2D eigenvalue weighted by Gasteiger charge is 2.31. The van der Waals surface area contributed by atoms with Gasteiger partial charge in [0.05, 0.1) is 7.11 Å². The summed E-state index contributed by atoms with van der Waals surface area (Å²) in [5, 5.41) is 2.00. The zero-order chi connectivity index (χ0) is 14.5. The molecular formula is C15H19NO3S. The van der Waals surface area contributed by atoms with Crippen LogP contribution in [0.2, 0.25) is 0 Å². The molecule has 1 fully saturated rings. The Morgan fingerprint density at radius 1 is 1.45 bits per heavy atom. The Bertz CT molecular complexity index is 521. The van der Waals surface area contributed by atoms with Crippen molar-refractivity contribution in [1.82, 2.24) is 4.90 Å². The first kappa shape index (κ1) is 14.8. The lowest BCUT2D eigenvalue weighted by molar-refractivity contribution is -0.153. The molecule has 2 rings (SSSR count). The van der Waals surface area contributed by atoms with Crippen molar-refractivity contribution in [2.24, 2.45) is 0 Å². The summed E-state index contributed by atoms with van der Waals surface area (Å²) in [6.07, 6.45) is 5.96. The molecule has 0 N–H and O–H groups in total. The molecule has 0 unspecified atom stereocenters. The molecule has 0 radical (unpaired) electrons. The molecule has 1 aliphatic rings. The van der Waals surface area contributed by atoms with Crippen molar-refractivity contribution in [1.29, 1.82) is 0 Å². The van der Waals surface area contributed by atoms with E-state index in [9.17, 15) is 9.59 Å². The molecule has 5 heteroatoms. The van der Waals surface area contributed by atoms with E-state index in [2.05, 4.69) is 0 Å². The average molecular weight is 293 g/mol. The van der Waals surface area contributed by atoms with Crippen LogP contribution in [0.15, 0.2) is 17.5 Å². The van der Waals surface area contributed by atoms with Gasteiger partial charge in [-0.1, -0.05) is 0 Å². The van der Waals surface area contributed by atoms with E-state index in [1.807, 2.05) is 24.4 Å². The fraction of sp³-hybridized carbons (Fsp3) is 0.467.